The van der Waals surface area contributed by atoms with E-state index in [0.29, 0.717) is 19.6 Å². The average Bonchev–Trinajstić information content (AvgIpc) is 2.86. The largest absolute Gasteiger partial charge is 0.356 e. The van der Waals surface area contributed by atoms with Crippen LogP contribution in [0.2, 0.25) is 0 Å². The van der Waals surface area contributed by atoms with Crippen molar-refractivity contribution >= 4 is 23.2 Å². The highest BCUT2D eigenvalue weighted by atomic mass is 32.1. The lowest BCUT2D eigenvalue weighted by Crippen LogP contribution is -2.44. The first-order valence-electron chi connectivity index (χ1n) is 8.50. The van der Waals surface area contributed by atoms with Crippen LogP contribution < -0.4 is 5.32 Å². The number of likely N-dealkylation sites (tertiary alicyclic amines) is 1. The van der Waals surface area contributed by atoms with Gasteiger partial charge >= 0.3 is 0 Å². The minimum atomic E-state index is 0.0395. The van der Waals surface area contributed by atoms with E-state index in [0.717, 1.165) is 19.3 Å². The molecule has 0 atom stereocenters. The van der Waals surface area contributed by atoms with E-state index in [2.05, 4.69) is 24.5 Å². The number of rotatable bonds is 5. The number of amides is 2. The Labute approximate surface area is 143 Å². The number of piperidine rings is 1. The van der Waals surface area contributed by atoms with Crippen molar-refractivity contribution in [2.45, 2.75) is 47.0 Å². The van der Waals surface area contributed by atoms with Gasteiger partial charge in [0.05, 0.1) is 0 Å². The van der Waals surface area contributed by atoms with Gasteiger partial charge in [0.2, 0.25) is 11.8 Å². The molecule has 4 nitrogen and oxygen atoms in total. The lowest BCUT2D eigenvalue weighted by molar-refractivity contribution is -0.138. The van der Waals surface area contributed by atoms with E-state index >= 15 is 0 Å². The van der Waals surface area contributed by atoms with Crippen molar-refractivity contribution in [3.8, 4) is 0 Å². The molecule has 1 N–H and O–H groups in total. The highest BCUT2D eigenvalue weighted by Crippen LogP contribution is 2.21. The Bertz CT molecular complexity index is 557. The van der Waals surface area contributed by atoms with Crippen molar-refractivity contribution in [3.63, 3.8) is 0 Å². The van der Waals surface area contributed by atoms with Gasteiger partial charge in [-0.15, -0.1) is 11.3 Å². The highest BCUT2D eigenvalue weighted by molar-refractivity contribution is 7.10. The smallest absolute Gasteiger partial charge is 0.225 e. The van der Waals surface area contributed by atoms with Crippen molar-refractivity contribution in [1.29, 1.82) is 0 Å². The number of nitrogens with one attached hydrogen (secondary N) is 1. The van der Waals surface area contributed by atoms with Gasteiger partial charge in [0, 0.05) is 36.3 Å². The Morgan fingerprint density at radius 3 is 2.48 bits per heavy atom. The molecule has 0 bridgehead atoms. The van der Waals surface area contributed by atoms with Gasteiger partial charge < -0.3 is 10.2 Å². The van der Waals surface area contributed by atoms with E-state index in [1.54, 1.807) is 11.3 Å². The molecule has 2 heterocycles. The summed E-state index contributed by atoms with van der Waals surface area (Å²) in [6, 6.07) is 0. The van der Waals surface area contributed by atoms with Gasteiger partial charge in [0.25, 0.3) is 0 Å². The van der Waals surface area contributed by atoms with Gasteiger partial charge in [-0.3, -0.25) is 9.59 Å². The van der Waals surface area contributed by atoms with Crippen LogP contribution in [0.4, 0.5) is 0 Å². The lowest BCUT2D eigenvalue weighted by Gasteiger charge is -2.32. The van der Waals surface area contributed by atoms with Gasteiger partial charge in [0.1, 0.15) is 0 Å². The highest BCUT2D eigenvalue weighted by Gasteiger charge is 2.27. The van der Waals surface area contributed by atoms with Crippen molar-refractivity contribution in [3.05, 3.63) is 21.4 Å². The molecule has 2 amide bonds. The molecule has 1 saturated heterocycles. The molecule has 5 heteroatoms. The van der Waals surface area contributed by atoms with Gasteiger partial charge in [0.15, 0.2) is 0 Å². The molecule has 1 aliphatic heterocycles. The van der Waals surface area contributed by atoms with Crippen molar-refractivity contribution in [1.82, 2.24) is 10.2 Å². The maximum atomic E-state index is 12.3. The Morgan fingerprint density at radius 2 is 1.96 bits per heavy atom. The molecular weight excluding hydrogens is 308 g/mol. The minimum absolute atomic E-state index is 0.0395. The van der Waals surface area contributed by atoms with Crippen LogP contribution in [0, 0.1) is 25.7 Å². The van der Waals surface area contributed by atoms with E-state index in [9.17, 15) is 9.59 Å². The fourth-order valence-corrected chi connectivity index (χ4v) is 3.92. The molecule has 2 rings (SSSR count). The van der Waals surface area contributed by atoms with Gasteiger partial charge in [-0.1, -0.05) is 13.8 Å². The van der Waals surface area contributed by atoms with Crippen LogP contribution >= 0.6 is 11.3 Å². The quantitative estimate of drug-likeness (QED) is 0.899. The summed E-state index contributed by atoms with van der Waals surface area (Å²) in [6.07, 6.45) is 2.45. The van der Waals surface area contributed by atoms with Crippen molar-refractivity contribution < 1.29 is 9.59 Å². The van der Waals surface area contributed by atoms with Crippen LogP contribution in [0.1, 0.15) is 42.7 Å². The number of carbonyl (C=O) groups is 2. The zero-order chi connectivity index (χ0) is 17.0. The van der Waals surface area contributed by atoms with Crippen LogP contribution in [0.3, 0.4) is 0 Å². The molecule has 1 fully saturated rings. The van der Waals surface area contributed by atoms with Crippen molar-refractivity contribution in [2.24, 2.45) is 11.8 Å². The summed E-state index contributed by atoms with van der Waals surface area (Å²) < 4.78 is 0. The molecule has 0 aromatic carbocycles. The Kier molecular flexibility index (Phi) is 6.22. The molecule has 1 aromatic heterocycles. The summed E-state index contributed by atoms with van der Waals surface area (Å²) in [5.41, 5.74) is 2.69. The second-order valence-corrected chi connectivity index (χ2v) is 7.82. The van der Waals surface area contributed by atoms with E-state index in [-0.39, 0.29) is 23.7 Å². The van der Waals surface area contributed by atoms with Gasteiger partial charge in [-0.05, 0) is 49.6 Å². The van der Waals surface area contributed by atoms with Gasteiger partial charge in [-0.25, -0.2) is 0 Å². The minimum Gasteiger partial charge on any atom is -0.356 e. The molecule has 0 spiro atoms. The molecule has 1 aromatic rings. The van der Waals surface area contributed by atoms with E-state index in [1.807, 2.05) is 18.7 Å². The third-order valence-electron chi connectivity index (χ3n) is 4.75. The van der Waals surface area contributed by atoms with Crippen molar-refractivity contribution in [2.75, 3.05) is 19.6 Å². The molecule has 0 aliphatic carbocycles. The maximum absolute atomic E-state index is 12.3. The van der Waals surface area contributed by atoms with E-state index < -0.39 is 0 Å². The Morgan fingerprint density at radius 1 is 1.30 bits per heavy atom. The van der Waals surface area contributed by atoms with Crippen LogP contribution in [-0.4, -0.2) is 36.3 Å². The molecular formula is C18H28N2O2S. The van der Waals surface area contributed by atoms with Crippen LogP contribution in [-0.2, 0) is 16.0 Å². The first-order valence-corrected chi connectivity index (χ1v) is 9.38. The monoisotopic (exact) mass is 336 g/mol. The summed E-state index contributed by atoms with van der Waals surface area (Å²) in [5.74, 6) is 0.438. The Balaban J connectivity index is 1.73. The summed E-state index contributed by atoms with van der Waals surface area (Å²) in [4.78, 5) is 27.5. The standard InChI is InChI=1S/C18H28N2O2S/c1-12(2)18(22)20-9-6-15(7-10-20)17(21)19-8-5-16-11-23-14(4)13(16)3/h11-12,15H,5-10H2,1-4H3,(H,19,21). The number of nitrogens with zero attached hydrogens (tertiary/aromatic N) is 1. The first kappa shape index (κ1) is 18.0. The lowest BCUT2D eigenvalue weighted by atomic mass is 9.95. The fourth-order valence-electron chi connectivity index (χ4n) is 3.00. The fraction of sp³-hybridized carbons (Fsp3) is 0.667. The SMILES string of the molecule is Cc1scc(CCNC(=O)C2CCN(C(=O)C(C)C)CC2)c1C. The molecule has 128 valence electrons. The second-order valence-electron chi connectivity index (χ2n) is 6.74. The van der Waals surface area contributed by atoms with Crippen LogP contribution in [0.5, 0.6) is 0 Å². The molecule has 23 heavy (non-hydrogen) atoms. The zero-order valence-corrected chi connectivity index (χ0v) is 15.5. The third kappa shape index (κ3) is 4.56. The number of carbonyl (C=O) groups excluding carboxylic acids is 2. The maximum Gasteiger partial charge on any atom is 0.225 e. The predicted octanol–water partition coefficient (Wildman–Crippen LogP) is 2.92. The van der Waals surface area contributed by atoms with Crippen LogP contribution in [0.25, 0.3) is 0 Å². The summed E-state index contributed by atoms with van der Waals surface area (Å²) >= 11 is 1.77. The molecule has 0 unspecified atom stereocenters. The summed E-state index contributed by atoms with van der Waals surface area (Å²) in [6.45, 7) is 10.2. The van der Waals surface area contributed by atoms with E-state index in [1.165, 1.54) is 16.0 Å². The number of thiophene rings is 1. The molecule has 1 aliphatic rings. The normalized spacial score (nSPS) is 16.0. The number of aryl methyl sites for hydroxylation is 1. The number of hydrogen-bond donors (Lipinski definition) is 1. The Hall–Kier alpha value is -1.36. The first-order chi connectivity index (χ1) is 10.9. The van der Waals surface area contributed by atoms with Gasteiger partial charge in [-0.2, -0.15) is 0 Å². The zero-order valence-electron chi connectivity index (χ0n) is 14.6. The third-order valence-corrected chi connectivity index (χ3v) is 5.81. The van der Waals surface area contributed by atoms with Crippen LogP contribution in [0.15, 0.2) is 5.38 Å². The molecule has 0 radical (unpaired) electrons. The molecule has 0 saturated carbocycles. The average molecular weight is 337 g/mol. The van der Waals surface area contributed by atoms with E-state index in [4.69, 9.17) is 0 Å². The predicted molar refractivity (Wildman–Crippen MR) is 94.6 cm³/mol. The topological polar surface area (TPSA) is 49.4 Å². The summed E-state index contributed by atoms with van der Waals surface area (Å²) in [7, 11) is 0. The number of hydrogen-bond acceptors (Lipinski definition) is 3. The summed E-state index contributed by atoms with van der Waals surface area (Å²) in [5, 5.41) is 5.25. The second kappa shape index (κ2) is 7.95.